The molecule has 62 valence electrons. The van der Waals surface area contributed by atoms with Crippen LogP contribution in [-0.4, -0.2) is 27.8 Å². The minimum absolute atomic E-state index is 0.159. The van der Waals surface area contributed by atoms with E-state index in [1.165, 1.54) is 11.8 Å². The van der Waals surface area contributed by atoms with Gasteiger partial charge in [-0.25, -0.2) is 0 Å². The third-order valence-corrected chi connectivity index (χ3v) is 4.78. The Morgan fingerprint density at radius 1 is 1.55 bits per heavy atom. The summed E-state index contributed by atoms with van der Waals surface area (Å²) < 4.78 is 0. The topological polar surface area (TPSA) is 17.1 Å². The van der Waals surface area contributed by atoms with Crippen LogP contribution in [0.1, 0.15) is 6.92 Å². The fourth-order valence-corrected chi connectivity index (χ4v) is 3.77. The molecule has 1 aliphatic rings. The normalized spacial score (nSPS) is 31.4. The molecule has 0 N–H and O–H groups in total. The van der Waals surface area contributed by atoms with Crippen LogP contribution in [0.2, 0.25) is 0 Å². The van der Waals surface area contributed by atoms with E-state index in [1.807, 2.05) is 11.8 Å². The van der Waals surface area contributed by atoms with Gasteiger partial charge in [0.05, 0.1) is 5.25 Å². The minimum atomic E-state index is 0.159. The summed E-state index contributed by atoms with van der Waals surface area (Å²) in [6.45, 7) is 5.61. The standard InChI is InChI=1S/C8H12OS2/c1-3-7(9)8-6(2)10-4-5-11-8/h3,6,8H,1,4-5H2,2H3. The molecule has 1 fully saturated rings. The van der Waals surface area contributed by atoms with E-state index >= 15 is 0 Å². The van der Waals surface area contributed by atoms with Crippen LogP contribution in [-0.2, 0) is 4.79 Å². The zero-order chi connectivity index (χ0) is 8.27. The minimum Gasteiger partial charge on any atom is -0.294 e. The van der Waals surface area contributed by atoms with Gasteiger partial charge in [0, 0.05) is 16.8 Å². The largest absolute Gasteiger partial charge is 0.294 e. The molecule has 0 spiro atoms. The molecule has 0 saturated carbocycles. The Balaban J connectivity index is 2.53. The predicted octanol–water partition coefficient (Wildman–Crippen LogP) is 1.98. The van der Waals surface area contributed by atoms with Crippen molar-refractivity contribution in [1.29, 1.82) is 0 Å². The van der Waals surface area contributed by atoms with Crippen molar-refractivity contribution in [2.75, 3.05) is 11.5 Å². The smallest absolute Gasteiger partial charge is 0.169 e. The molecule has 2 unspecified atom stereocenters. The first-order chi connectivity index (χ1) is 5.25. The number of hydrogen-bond acceptors (Lipinski definition) is 3. The predicted molar refractivity (Wildman–Crippen MR) is 53.4 cm³/mol. The average Bonchev–Trinajstić information content (AvgIpc) is 2.04. The van der Waals surface area contributed by atoms with E-state index in [9.17, 15) is 4.79 Å². The highest BCUT2D eigenvalue weighted by Gasteiger charge is 2.26. The number of carbonyl (C=O) groups excluding carboxylic acids is 1. The van der Waals surface area contributed by atoms with Crippen molar-refractivity contribution in [2.24, 2.45) is 0 Å². The summed E-state index contributed by atoms with van der Waals surface area (Å²) in [5.74, 6) is 2.46. The Bertz CT molecular complexity index is 167. The van der Waals surface area contributed by atoms with Crippen LogP contribution >= 0.6 is 23.5 Å². The second-order valence-electron chi connectivity index (χ2n) is 2.47. The van der Waals surface area contributed by atoms with E-state index in [0.717, 1.165) is 5.75 Å². The van der Waals surface area contributed by atoms with E-state index < -0.39 is 0 Å². The van der Waals surface area contributed by atoms with E-state index in [0.29, 0.717) is 5.25 Å². The van der Waals surface area contributed by atoms with Gasteiger partial charge in [0.25, 0.3) is 0 Å². The number of hydrogen-bond donors (Lipinski definition) is 0. The van der Waals surface area contributed by atoms with Gasteiger partial charge >= 0.3 is 0 Å². The molecule has 11 heavy (non-hydrogen) atoms. The number of rotatable bonds is 2. The Kier molecular flexibility index (Phi) is 3.52. The average molecular weight is 188 g/mol. The molecule has 0 aromatic heterocycles. The lowest BCUT2D eigenvalue weighted by atomic mass is 10.2. The van der Waals surface area contributed by atoms with E-state index in [2.05, 4.69) is 13.5 Å². The second-order valence-corrected chi connectivity index (χ2v) is 5.21. The van der Waals surface area contributed by atoms with Gasteiger partial charge in [0.2, 0.25) is 0 Å². The molecule has 0 radical (unpaired) electrons. The maximum absolute atomic E-state index is 11.2. The zero-order valence-electron chi connectivity index (χ0n) is 6.58. The van der Waals surface area contributed by atoms with Gasteiger partial charge in [-0.05, 0) is 6.08 Å². The van der Waals surface area contributed by atoms with Crippen molar-refractivity contribution >= 4 is 29.3 Å². The van der Waals surface area contributed by atoms with Crippen LogP contribution in [0.25, 0.3) is 0 Å². The summed E-state index contributed by atoms with van der Waals surface area (Å²) in [6, 6.07) is 0. The van der Waals surface area contributed by atoms with E-state index in [-0.39, 0.29) is 11.0 Å². The van der Waals surface area contributed by atoms with Gasteiger partial charge in [-0.3, -0.25) is 4.79 Å². The third kappa shape index (κ3) is 2.27. The fourth-order valence-electron chi connectivity index (χ4n) is 1.06. The Morgan fingerprint density at radius 3 is 2.73 bits per heavy atom. The van der Waals surface area contributed by atoms with Crippen molar-refractivity contribution in [3.8, 4) is 0 Å². The van der Waals surface area contributed by atoms with Crippen LogP contribution in [0.4, 0.5) is 0 Å². The quantitative estimate of drug-likeness (QED) is 0.617. The lowest BCUT2D eigenvalue weighted by molar-refractivity contribution is -0.114. The Hall–Kier alpha value is 0.110. The SMILES string of the molecule is C=CC(=O)C1SCCSC1C. The molecule has 0 bridgehead atoms. The first-order valence-electron chi connectivity index (χ1n) is 3.65. The molecule has 1 saturated heterocycles. The lowest BCUT2D eigenvalue weighted by Gasteiger charge is -2.25. The first-order valence-corrected chi connectivity index (χ1v) is 5.75. The summed E-state index contributed by atoms with van der Waals surface area (Å²) in [5.41, 5.74) is 0. The van der Waals surface area contributed by atoms with Crippen molar-refractivity contribution in [3.05, 3.63) is 12.7 Å². The van der Waals surface area contributed by atoms with Crippen LogP contribution in [0.15, 0.2) is 12.7 Å². The number of carbonyl (C=O) groups is 1. The molecule has 1 aliphatic heterocycles. The van der Waals surface area contributed by atoms with Crippen LogP contribution in [0, 0.1) is 0 Å². The van der Waals surface area contributed by atoms with Crippen molar-refractivity contribution in [1.82, 2.24) is 0 Å². The summed E-state index contributed by atoms with van der Waals surface area (Å²) in [6.07, 6.45) is 1.44. The maximum atomic E-state index is 11.2. The summed E-state index contributed by atoms with van der Waals surface area (Å²) in [4.78, 5) is 11.2. The Labute approximate surface area is 76.0 Å². The molecule has 1 heterocycles. The Morgan fingerprint density at radius 2 is 2.18 bits per heavy atom. The number of ketones is 1. The summed E-state index contributed by atoms with van der Waals surface area (Å²) >= 11 is 3.64. The molecule has 3 heteroatoms. The zero-order valence-corrected chi connectivity index (χ0v) is 8.21. The summed E-state index contributed by atoms with van der Waals surface area (Å²) in [5, 5.41) is 0.616. The molecular weight excluding hydrogens is 176 g/mol. The highest BCUT2D eigenvalue weighted by molar-refractivity contribution is 8.07. The molecule has 1 nitrogen and oxygen atoms in total. The molecule has 0 aromatic carbocycles. The van der Waals surface area contributed by atoms with Crippen molar-refractivity contribution < 1.29 is 4.79 Å². The van der Waals surface area contributed by atoms with Crippen molar-refractivity contribution in [3.63, 3.8) is 0 Å². The van der Waals surface area contributed by atoms with Gasteiger partial charge in [-0.1, -0.05) is 13.5 Å². The monoisotopic (exact) mass is 188 g/mol. The molecule has 1 rings (SSSR count). The van der Waals surface area contributed by atoms with Gasteiger partial charge in [0.15, 0.2) is 5.78 Å². The highest BCUT2D eigenvalue weighted by Crippen LogP contribution is 2.31. The number of allylic oxidation sites excluding steroid dienone is 1. The third-order valence-electron chi connectivity index (χ3n) is 1.67. The molecular formula is C8H12OS2. The van der Waals surface area contributed by atoms with Gasteiger partial charge in [0.1, 0.15) is 0 Å². The molecule has 0 amide bonds. The van der Waals surface area contributed by atoms with Crippen LogP contribution in [0.3, 0.4) is 0 Å². The van der Waals surface area contributed by atoms with E-state index in [4.69, 9.17) is 0 Å². The first kappa shape index (κ1) is 9.20. The molecule has 0 aromatic rings. The second kappa shape index (κ2) is 4.21. The van der Waals surface area contributed by atoms with Crippen LogP contribution in [0.5, 0.6) is 0 Å². The van der Waals surface area contributed by atoms with Crippen molar-refractivity contribution in [2.45, 2.75) is 17.4 Å². The maximum Gasteiger partial charge on any atom is 0.169 e. The van der Waals surface area contributed by atoms with Gasteiger partial charge < -0.3 is 0 Å². The van der Waals surface area contributed by atoms with Gasteiger partial charge in [-0.2, -0.15) is 11.8 Å². The van der Waals surface area contributed by atoms with Gasteiger partial charge in [-0.15, -0.1) is 11.8 Å². The van der Waals surface area contributed by atoms with Crippen LogP contribution < -0.4 is 0 Å². The summed E-state index contributed by atoms with van der Waals surface area (Å²) in [7, 11) is 0. The highest BCUT2D eigenvalue weighted by atomic mass is 32.2. The van der Waals surface area contributed by atoms with E-state index in [1.54, 1.807) is 11.8 Å². The lowest BCUT2D eigenvalue weighted by Crippen LogP contribution is -2.29. The fraction of sp³-hybridized carbons (Fsp3) is 0.625. The molecule has 0 aliphatic carbocycles. The molecule has 2 atom stereocenters. The number of thioether (sulfide) groups is 2.